The largest absolute Gasteiger partial charge is 0.275 e. The van der Waals surface area contributed by atoms with Gasteiger partial charge in [-0.25, -0.2) is 15.6 Å². The van der Waals surface area contributed by atoms with Gasteiger partial charge in [0.2, 0.25) is 0 Å². The molecule has 4 nitrogen and oxygen atoms in total. The zero-order chi connectivity index (χ0) is 8.85. The van der Waals surface area contributed by atoms with Crippen molar-refractivity contribution >= 4 is 5.91 Å². The van der Waals surface area contributed by atoms with Crippen molar-refractivity contribution in [2.75, 3.05) is 20.6 Å². The number of hydrogen-bond acceptors (Lipinski definition) is 3. The van der Waals surface area contributed by atoms with E-state index < -0.39 is 0 Å². The lowest BCUT2D eigenvalue weighted by Gasteiger charge is -2.27. The van der Waals surface area contributed by atoms with Crippen molar-refractivity contribution in [1.29, 1.82) is 0 Å². The normalized spacial score (nSPS) is 9.82. The number of hydrogen-bond donors (Lipinski definition) is 1. The van der Waals surface area contributed by atoms with Gasteiger partial charge < -0.3 is 0 Å². The van der Waals surface area contributed by atoms with Crippen LogP contribution in [0.25, 0.3) is 0 Å². The number of carbonyl (C=O) groups excluding carboxylic acids is 1. The zero-order valence-electron chi connectivity index (χ0n) is 7.29. The third-order valence-corrected chi connectivity index (χ3v) is 1.09. The highest BCUT2D eigenvalue weighted by molar-refractivity contribution is 5.86. The second-order valence-electron chi connectivity index (χ2n) is 2.21. The summed E-state index contributed by atoms with van der Waals surface area (Å²) in [5.74, 6) is -0.156. The summed E-state index contributed by atoms with van der Waals surface area (Å²) in [6.45, 7) is 6.02. The van der Waals surface area contributed by atoms with Crippen molar-refractivity contribution in [3.63, 3.8) is 0 Å². The number of rotatable bonds is 4. The lowest BCUT2D eigenvalue weighted by Crippen LogP contribution is -2.50. The quantitative estimate of drug-likeness (QED) is 0.461. The lowest BCUT2D eigenvalue weighted by molar-refractivity contribution is -0.146. The molecular formula is C7H15N3O. The Hall–Kier alpha value is -0.870. The minimum atomic E-state index is -0.156. The van der Waals surface area contributed by atoms with Crippen LogP contribution in [-0.2, 0) is 4.79 Å². The Morgan fingerprint density at radius 1 is 1.64 bits per heavy atom. The fraction of sp³-hybridized carbons (Fsp3) is 0.571. The topological polar surface area (TPSA) is 35.6 Å². The Morgan fingerprint density at radius 3 is 2.45 bits per heavy atom. The molecule has 0 fully saturated rings. The summed E-state index contributed by atoms with van der Waals surface area (Å²) in [6, 6.07) is 0. The third kappa shape index (κ3) is 3.15. The van der Waals surface area contributed by atoms with E-state index in [9.17, 15) is 4.79 Å². The Kier molecular flexibility index (Phi) is 4.49. The Morgan fingerprint density at radius 2 is 2.18 bits per heavy atom. The predicted octanol–water partition coefficient (Wildman–Crippen LogP) is 0.00210. The predicted molar refractivity (Wildman–Crippen MR) is 44.4 cm³/mol. The third-order valence-electron chi connectivity index (χ3n) is 1.09. The highest BCUT2D eigenvalue weighted by Gasteiger charge is 2.09. The molecule has 0 rings (SSSR count). The maximum atomic E-state index is 11.0. The lowest BCUT2D eigenvalue weighted by atomic mass is 10.6. The smallest absolute Gasteiger partial charge is 0.267 e. The first-order chi connectivity index (χ1) is 5.13. The van der Waals surface area contributed by atoms with Gasteiger partial charge in [-0.15, -0.1) is 0 Å². The fourth-order valence-electron chi connectivity index (χ4n) is 0.653. The van der Waals surface area contributed by atoms with Gasteiger partial charge in [-0.05, 0) is 6.08 Å². The number of hydrazine groups is 2. The molecule has 64 valence electrons. The van der Waals surface area contributed by atoms with Crippen molar-refractivity contribution in [1.82, 2.24) is 15.6 Å². The molecule has 0 aromatic heterocycles. The van der Waals surface area contributed by atoms with Crippen molar-refractivity contribution in [3.8, 4) is 0 Å². The number of amides is 1. The van der Waals surface area contributed by atoms with E-state index in [0.717, 1.165) is 0 Å². The van der Waals surface area contributed by atoms with Gasteiger partial charge in [0.15, 0.2) is 0 Å². The van der Waals surface area contributed by atoms with Crippen LogP contribution < -0.4 is 5.43 Å². The molecular weight excluding hydrogens is 142 g/mol. The number of nitrogens with one attached hydrogen (secondary N) is 1. The molecule has 1 N–H and O–H groups in total. The van der Waals surface area contributed by atoms with Crippen LogP contribution in [0.5, 0.6) is 0 Å². The van der Waals surface area contributed by atoms with Crippen molar-refractivity contribution < 1.29 is 4.79 Å². The summed E-state index contributed by atoms with van der Waals surface area (Å²) in [6.07, 6.45) is 1.27. The van der Waals surface area contributed by atoms with Crippen LogP contribution in [0.1, 0.15) is 6.92 Å². The van der Waals surface area contributed by atoms with E-state index in [2.05, 4.69) is 12.0 Å². The van der Waals surface area contributed by atoms with Gasteiger partial charge in [-0.2, -0.15) is 0 Å². The van der Waals surface area contributed by atoms with Crippen molar-refractivity contribution in [2.24, 2.45) is 0 Å². The highest BCUT2D eigenvalue weighted by Crippen LogP contribution is 1.87. The molecule has 0 saturated heterocycles. The van der Waals surface area contributed by atoms with Crippen molar-refractivity contribution in [3.05, 3.63) is 12.7 Å². The standard InChI is InChI=1S/C7H15N3O/c1-5-7(11)10(8-6-2)9(3)4/h5,8H,1,6H2,2-4H3. The maximum absolute atomic E-state index is 11.0. The average Bonchev–Trinajstić information content (AvgIpc) is 1.98. The molecule has 0 spiro atoms. The van der Waals surface area contributed by atoms with Crippen LogP contribution in [0.2, 0.25) is 0 Å². The van der Waals surface area contributed by atoms with Crippen LogP contribution in [0.4, 0.5) is 0 Å². The first-order valence-electron chi connectivity index (χ1n) is 3.50. The van der Waals surface area contributed by atoms with Crippen LogP contribution in [0.3, 0.4) is 0 Å². The summed E-state index contributed by atoms with van der Waals surface area (Å²) < 4.78 is 0. The van der Waals surface area contributed by atoms with E-state index in [1.807, 2.05) is 6.92 Å². The molecule has 0 saturated carbocycles. The summed E-state index contributed by atoms with van der Waals surface area (Å²) in [7, 11) is 3.56. The second kappa shape index (κ2) is 4.87. The van der Waals surface area contributed by atoms with Gasteiger partial charge in [-0.3, -0.25) is 4.79 Å². The summed E-state index contributed by atoms with van der Waals surface area (Å²) >= 11 is 0. The van der Waals surface area contributed by atoms with Crippen LogP contribution in [0.15, 0.2) is 12.7 Å². The van der Waals surface area contributed by atoms with Gasteiger partial charge in [0.05, 0.1) is 0 Å². The molecule has 0 aliphatic heterocycles. The Labute approximate surface area is 67.4 Å². The fourth-order valence-corrected chi connectivity index (χ4v) is 0.653. The summed E-state index contributed by atoms with van der Waals surface area (Å²) in [5.41, 5.74) is 2.87. The molecule has 0 aliphatic carbocycles. The first kappa shape index (κ1) is 10.1. The molecule has 0 radical (unpaired) electrons. The molecule has 0 atom stereocenters. The SMILES string of the molecule is C=CC(=O)N(NCC)N(C)C. The maximum Gasteiger partial charge on any atom is 0.275 e. The Bertz CT molecular complexity index is 145. The zero-order valence-corrected chi connectivity index (χ0v) is 7.29. The molecule has 0 heterocycles. The molecule has 11 heavy (non-hydrogen) atoms. The van der Waals surface area contributed by atoms with E-state index in [-0.39, 0.29) is 5.91 Å². The monoisotopic (exact) mass is 157 g/mol. The van der Waals surface area contributed by atoms with Crippen LogP contribution in [-0.4, -0.2) is 36.7 Å². The minimum absolute atomic E-state index is 0.156. The van der Waals surface area contributed by atoms with Crippen LogP contribution >= 0.6 is 0 Å². The van der Waals surface area contributed by atoms with E-state index in [1.54, 1.807) is 19.1 Å². The Balaban J connectivity index is 4.08. The second-order valence-corrected chi connectivity index (χ2v) is 2.21. The number of carbonyl (C=O) groups is 1. The minimum Gasteiger partial charge on any atom is -0.267 e. The summed E-state index contributed by atoms with van der Waals surface area (Å²) in [4.78, 5) is 11.0. The molecule has 1 amide bonds. The van der Waals surface area contributed by atoms with E-state index in [0.29, 0.717) is 6.54 Å². The highest BCUT2D eigenvalue weighted by atomic mass is 16.2. The average molecular weight is 157 g/mol. The summed E-state index contributed by atoms with van der Waals surface area (Å²) in [5, 5.41) is 3.06. The van der Waals surface area contributed by atoms with Gasteiger partial charge in [0, 0.05) is 20.6 Å². The van der Waals surface area contributed by atoms with Gasteiger partial charge >= 0.3 is 0 Å². The van der Waals surface area contributed by atoms with E-state index in [4.69, 9.17) is 0 Å². The number of nitrogens with zero attached hydrogens (tertiary/aromatic N) is 2. The van der Waals surface area contributed by atoms with E-state index in [1.165, 1.54) is 11.2 Å². The molecule has 0 aromatic carbocycles. The first-order valence-corrected chi connectivity index (χ1v) is 3.50. The van der Waals surface area contributed by atoms with E-state index >= 15 is 0 Å². The van der Waals surface area contributed by atoms with Crippen LogP contribution in [0, 0.1) is 0 Å². The van der Waals surface area contributed by atoms with Crippen molar-refractivity contribution in [2.45, 2.75) is 6.92 Å². The molecule has 4 heteroatoms. The van der Waals surface area contributed by atoms with Gasteiger partial charge in [0.1, 0.15) is 0 Å². The molecule has 0 aliphatic rings. The molecule has 0 aromatic rings. The molecule has 0 unspecified atom stereocenters. The van der Waals surface area contributed by atoms with Gasteiger partial charge in [-0.1, -0.05) is 13.5 Å². The van der Waals surface area contributed by atoms with Gasteiger partial charge in [0.25, 0.3) is 5.91 Å². The molecule has 0 bridgehead atoms.